The smallest absolute Gasteiger partial charge is 0.259 e. The van der Waals surface area contributed by atoms with Gasteiger partial charge in [0.15, 0.2) is 0 Å². The average molecular weight is 537 g/mol. The minimum absolute atomic E-state index is 0.0904. The number of H-pyrrole nitrogens is 1. The number of nitrogens with one attached hydrogen (secondary N) is 4. The number of fused-ring (bicyclic) bond motifs is 1. The van der Waals surface area contributed by atoms with Crippen LogP contribution in [0, 0.1) is 11.6 Å². The number of hydrogen-bond donors (Lipinski definition) is 5. The molecule has 0 radical (unpaired) electrons. The Balaban J connectivity index is 1.52. The van der Waals surface area contributed by atoms with Gasteiger partial charge in [-0.2, -0.15) is 0 Å². The van der Waals surface area contributed by atoms with E-state index in [0.717, 1.165) is 57.9 Å². The maximum Gasteiger partial charge on any atom is 0.259 e. The molecule has 0 bridgehead atoms. The fourth-order valence-corrected chi connectivity index (χ4v) is 3.88. The fraction of sp³-hybridized carbons (Fsp3) is 0.417. The van der Waals surface area contributed by atoms with Gasteiger partial charge in [-0.25, -0.2) is 13.8 Å². The number of benzene rings is 2. The fourth-order valence-electron chi connectivity index (χ4n) is 3.51. The highest BCUT2D eigenvalue weighted by Gasteiger charge is 2.13. The van der Waals surface area contributed by atoms with E-state index < -0.39 is 17.2 Å². The van der Waals surface area contributed by atoms with Gasteiger partial charge in [-0.15, -0.1) is 0 Å². The lowest BCUT2D eigenvalue weighted by molar-refractivity contribution is 0.571. The molecule has 10 heteroatoms. The topological polar surface area (TPSA) is 108 Å². The van der Waals surface area contributed by atoms with Crippen LogP contribution in [0.2, 0.25) is 0 Å². The number of halogens is 3. The van der Waals surface area contributed by atoms with Gasteiger partial charge in [0, 0.05) is 11.0 Å². The lowest BCUT2D eigenvalue weighted by Gasteiger charge is -2.10. The lowest BCUT2D eigenvalue weighted by Crippen LogP contribution is -2.22. The molecule has 1 aromatic heterocycles. The zero-order valence-corrected chi connectivity index (χ0v) is 20.6. The summed E-state index contributed by atoms with van der Waals surface area (Å²) < 4.78 is 29.4. The molecule has 2 aromatic carbocycles. The second-order valence-corrected chi connectivity index (χ2v) is 8.93. The van der Waals surface area contributed by atoms with Gasteiger partial charge < -0.3 is 26.7 Å². The molecule has 0 aliphatic carbocycles. The van der Waals surface area contributed by atoms with Crippen molar-refractivity contribution >= 4 is 32.5 Å². The number of rotatable bonds is 14. The first-order valence-corrected chi connectivity index (χ1v) is 12.3. The van der Waals surface area contributed by atoms with Crippen LogP contribution >= 0.6 is 15.9 Å². The van der Waals surface area contributed by atoms with Gasteiger partial charge in [0.1, 0.15) is 17.5 Å². The second-order valence-electron chi connectivity index (χ2n) is 8.02. The summed E-state index contributed by atoms with van der Waals surface area (Å²) in [5, 5.41) is 9.91. The number of unbranched alkanes of at least 4 members (excludes halogenated alkanes) is 1. The summed E-state index contributed by atoms with van der Waals surface area (Å²) in [5.41, 5.74) is 5.64. The van der Waals surface area contributed by atoms with Crippen molar-refractivity contribution in [3.05, 3.63) is 56.8 Å². The number of aromatic nitrogens is 2. The van der Waals surface area contributed by atoms with Crippen molar-refractivity contribution in [2.75, 3.05) is 44.6 Å². The SMILES string of the molecule is NCCCNCCCCNCCCNc1cc2nc(-c3cc(Br)ccc3F)[nH]c(=O)c2cc1F. The minimum atomic E-state index is -0.531. The molecule has 0 spiro atoms. The van der Waals surface area contributed by atoms with Gasteiger partial charge in [-0.05, 0) is 88.7 Å². The standard InChI is InChI=1S/C24H31BrF2N6O/c25-16-5-6-19(26)17(13-16)23-32-21-15-22(20(27)14-18(21)24(34)33-23)31-12-4-11-30-9-2-1-8-29-10-3-7-28/h5-6,13-15,29-31H,1-4,7-12,28H2,(H,32,33,34). The summed E-state index contributed by atoms with van der Waals surface area (Å²) in [6.07, 6.45) is 4.00. The van der Waals surface area contributed by atoms with Crippen LogP contribution in [0.5, 0.6) is 0 Å². The number of nitrogens with zero attached hydrogens (tertiary/aromatic N) is 1. The Morgan fingerprint density at radius 3 is 2.35 bits per heavy atom. The summed E-state index contributed by atoms with van der Waals surface area (Å²) in [4.78, 5) is 19.4. The van der Waals surface area contributed by atoms with E-state index in [-0.39, 0.29) is 22.5 Å². The van der Waals surface area contributed by atoms with Gasteiger partial charge in [0.05, 0.1) is 22.2 Å². The molecule has 184 valence electrons. The molecule has 6 N–H and O–H groups in total. The molecule has 0 fully saturated rings. The van der Waals surface area contributed by atoms with E-state index in [1.807, 2.05) is 0 Å². The highest BCUT2D eigenvalue weighted by Crippen LogP contribution is 2.25. The zero-order valence-electron chi connectivity index (χ0n) is 19.0. The summed E-state index contributed by atoms with van der Waals surface area (Å²) in [6, 6.07) is 7.03. The van der Waals surface area contributed by atoms with E-state index in [9.17, 15) is 13.6 Å². The lowest BCUT2D eigenvalue weighted by atomic mass is 10.1. The third kappa shape index (κ3) is 7.56. The minimum Gasteiger partial charge on any atom is -0.383 e. The molecule has 0 saturated heterocycles. The average Bonchev–Trinajstić information content (AvgIpc) is 2.82. The van der Waals surface area contributed by atoms with Crippen LogP contribution in [-0.4, -0.2) is 49.2 Å². The number of aromatic amines is 1. The molecule has 7 nitrogen and oxygen atoms in total. The Morgan fingerprint density at radius 2 is 1.62 bits per heavy atom. The molecule has 34 heavy (non-hydrogen) atoms. The van der Waals surface area contributed by atoms with Crippen LogP contribution in [0.25, 0.3) is 22.3 Å². The Bertz CT molecular complexity index is 1140. The summed E-state index contributed by atoms with van der Waals surface area (Å²) in [5.74, 6) is -0.953. The molecule has 0 amide bonds. The normalized spacial score (nSPS) is 11.3. The number of nitrogens with two attached hydrogens (primary N) is 1. The van der Waals surface area contributed by atoms with Gasteiger partial charge >= 0.3 is 0 Å². The Morgan fingerprint density at radius 1 is 0.912 bits per heavy atom. The van der Waals surface area contributed by atoms with Crippen molar-refractivity contribution in [3.63, 3.8) is 0 Å². The van der Waals surface area contributed by atoms with Crippen molar-refractivity contribution in [2.24, 2.45) is 5.73 Å². The third-order valence-electron chi connectivity index (χ3n) is 5.34. The molecule has 0 unspecified atom stereocenters. The molecule has 1 heterocycles. The van der Waals surface area contributed by atoms with Crippen LogP contribution in [-0.2, 0) is 0 Å². The van der Waals surface area contributed by atoms with Gasteiger partial charge in [0.25, 0.3) is 5.56 Å². The van der Waals surface area contributed by atoms with E-state index in [1.54, 1.807) is 6.07 Å². The van der Waals surface area contributed by atoms with Crippen LogP contribution < -0.4 is 27.2 Å². The predicted octanol–water partition coefficient (Wildman–Crippen LogP) is 3.74. The van der Waals surface area contributed by atoms with Crippen LogP contribution in [0.4, 0.5) is 14.5 Å². The van der Waals surface area contributed by atoms with Gasteiger partial charge in [0.2, 0.25) is 0 Å². The molecule has 0 saturated carbocycles. The maximum atomic E-state index is 14.5. The quantitative estimate of drug-likeness (QED) is 0.201. The molecule has 3 rings (SSSR count). The molecule has 0 aliphatic heterocycles. The Labute approximate surface area is 206 Å². The van der Waals surface area contributed by atoms with Crippen molar-refractivity contribution in [1.82, 2.24) is 20.6 Å². The zero-order chi connectivity index (χ0) is 24.3. The van der Waals surface area contributed by atoms with E-state index in [1.165, 1.54) is 18.2 Å². The molecular formula is C24H31BrF2N6O. The van der Waals surface area contributed by atoms with Crippen LogP contribution in [0.15, 0.2) is 39.6 Å². The largest absolute Gasteiger partial charge is 0.383 e. The highest BCUT2D eigenvalue weighted by atomic mass is 79.9. The predicted molar refractivity (Wildman–Crippen MR) is 137 cm³/mol. The number of hydrogen-bond acceptors (Lipinski definition) is 6. The van der Waals surface area contributed by atoms with E-state index >= 15 is 0 Å². The van der Waals surface area contributed by atoms with Crippen molar-refractivity contribution in [2.45, 2.75) is 25.7 Å². The first-order valence-electron chi connectivity index (χ1n) is 11.5. The van der Waals surface area contributed by atoms with E-state index in [0.29, 0.717) is 23.1 Å². The Hall–Kier alpha value is -2.40. The van der Waals surface area contributed by atoms with Crippen molar-refractivity contribution in [1.29, 1.82) is 0 Å². The molecule has 0 aliphatic rings. The van der Waals surface area contributed by atoms with Gasteiger partial charge in [-0.3, -0.25) is 4.79 Å². The second kappa shape index (κ2) is 13.5. The third-order valence-corrected chi connectivity index (χ3v) is 5.83. The maximum absolute atomic E-state index is 14.5. The highest BCUT2D eigenvalue weighted by molar-refractivity contribution is 9.10. The summed E-state index contributed by atoms with van der Waals surface area (Å²) in [6.45, 7) is 4.99. The Kier molecular flexibility index (Phi) is 10.4. The summed E-state index contributed by atoms with van der Waals surface area (Å²) in [7, 11) is 0. The monoisotopic (exact) mass is 536 g/mol. The van der Waals surface area contributed by atoms with E-state index in [2.05, 4.69) is 41.8 Å². The summed E-state index contributed by atoms with van der Waals surface area (Å²) >= 11 is 3.30. The molecule has 3 aromatic rings. The van der Waals surface area contributed by atoms with Crippen molar-refractivity contribution in [3.8, 4) is 11.4 Å². The number of anilines is 1. The first kappa shape index (κ1) is 26.2. The van der Waals surface area contributed by atoms with E-state index in [4.69, 9.17) is 5.73 Å². The van der Waals surface area contributed by atoms with Crippen molar-refractivity contribution < 1.29 is 8.78 Å². The first-order chi connectivity index (χ1) is 16.5. The molecule has 0 atom stereocenters. The molecular weight excluding hydrogens is 506 g/mol. The van der Waals surface area contributed by atoms with Crippen LogP contribution in [0.1, 0.15) is 25.7 Å². The van der Waals surface area contributed by atoms with Gasteiger partial charge in [-0.1, -0.05) is 15.9 Å². The van der Waals surface area contributed by atoms with Crippen LogP contribution in [0.3, 0.4) is 0 Å².